The van der Waals surface area contributed by atoms with Crippen LogP contribution in [-0.2, 0) is 4.79 Å². The van der Waals surface area contributed by atoms with Crippen molar-refractivity contribution in [2.75, 3.05) is 0 Å². The van der Waals surface area contributed by atoms with Gasteiger partial charge in [-0.05, 0) is 38.1 Å². The standard InChI is InChI=1S/C21H18O7/c1-12(2)25-18-16-10-9-15(26-13(3)22)11-17(16)27-21(24)19(18)28-20(23)14-7-5-4-6-8-14/h4-12H,1-3H3. The summed E-state index contributed by atoms with van der Waals surface area (Å²) in [6.45, 7) is 4.81. The zero-order valence-electron chi connectivity index (χ0n) is 15.6. The van der Waals surface area contributed by atoms with E-state index in [1.54, 1.807) is 50.2 Å². The summed E-state index contributed by atoms with van der Waals surface area (Å²) in [6.07, 6.45) is -0.299. The van der Waals surface area contributed by atoms with Crippen LogP contribution in [0.3, 0.4) is 0 Å². The molecule has 0 N–H and O–H groups in total. The van der Waals surface area contributed by atoms with Gasteiger partial charge in [-0.15, -0.1) is 0 Å². The van der Waals surface area contributed by atoms with Gasteiger partial charge in [-0.1, -0.05) is 18.2 Å². The van der Waals surface area contributed by atoms with Gasteiger partial charge in [0, 0.05) is 13.0 Å². The van der Waals surface area contributed by atoms with Crippen LogP contribution in [0.4, 0.5) is 0 Å². The molecule has 0 amide bonds. The fraction of sp³-hybridized carbons (Fsp3) is 0.190. The maximum Gasteiger partial charge on any atom is 0.383 e. The lowest BCUT2D eigenvalue weighted by molar-refractivity contribution is -0.131. The summed E-state index contributed by atoms with van der Waals surface area (Å²) in [5.74, 6) is -1.26. The Kier molecular flexibility index (Phi) is 5.44. The molecule has 0 fully saturated rings. The first-order valence-electron chi connectivity index (χ1n) is 8.58. The number of rotatable bonds is 5. The van der Waals surface area contributed by atoms with Crippen LogP contribution in [0.1, 0.15) is 31.1 Å². The number of benzene rings is 2. The van der Waals surface area contributed by atoms with Crippen molar-refractivity contribution in [3.63, 3.8) is 0 Å². The molecular formula is C21H18O7. The molecule has 2 aromatic carbocycles. The number of carbonyl (C=O) groups excluding carboxylic acids is 2. The second kappa shape index (κ2) is 7.96. The van der Waals surface area contributed by atoms with E-state index in [9.17, 15) is 14.4 Å². The molecule has 1 heterocycles. The molecule has 1 aromatic heterocycles. The monoisotopic (exact) mass is 382 g/mol. The van der Waals surface area contributed by atoms with Gasteiger partial charge in [0.05, 0.1) is 17.1 Å². The third-order valence-electron chi connectivity index (χ3n) is 3.61. The highest BCUT2D eigenvalue weighted by atomic mass is 16.6. The normalized spacial score (nSPS) is 10.7. The van der Waals surface area contributed by atoms with Gasteiger partial charge in [0.25, 0.3) is 5.75 Å². The molecular weight excluding hydrogens is 364 g/mol. The number of esters is 2. The molecule has 28 heavy (non-hydrogen) atoms. The van der Waals surface area contributed by atoms with E-state index in [-0.39, 0.29) is 34.5 Å². The first-order valence-corrected chi connectivity index (χ1v) is 8.58. The summed E-state index contributed by atoms with van der Waals surface area (Å²) in [4.78, 5) is 36.0. The molecule has 0 radical (unpaired) electrons. The summed E-state index contributed by atoms with van der Waals surface area (Å²) in [6, 6.07) is 12.7. The highest BCUT2D eigenvalue weighted by Crippen LogP contribution is 2.35. The van der Waals surface area contributed by atoms with Crippen molar-refractivity contribution in [3.05, 3.63) is 64.5 Å². The second-order valence-electron chi connectivity index (χ2n) is 6.22. The third kappa shape index (κ3) is 4.20. The van der Waals surface area contributed by atoms with E-state index in [0.717, 1.165) is 0 Å². The topological polar surface area (TPSA) is 92.0 Å². The molecule has 7 nitrogen and oxygen atoms in total. The minimum absolute atomic E-state index is 0.0832. The van der Waals surface area contributed by atoms with Crippen LogP contribution in [0.2, 0.25) is 0 Å². The summed E-state index contributed by atoms with van der Waals surface area (Å²) < 4.78 is 21.3. The van der Waals surface area contributed by atoms with Crippen LogP contribution in [0.15, 0.2) is 57.7 Å². The average Bonchev–Trinajstić information content (AvgIpc) is 2.64. The zero-order valence-corrected chi connectivity index (χ0v) is 15.6. The fourth-order valence-corrected chi connectivity index (χ4v) is 2.53. The Morgan fingerprint density at radius 1 is 0.964 bits per heavy atom. The van der Waals surface area contributed by atoms with Crippen molar-refractivity contribution in [1.82, 2.24) is 0 Å². The lowest BCUT2D eigenvalue weighted by Crippen LogP contribution is -2.17. The van der Waals surface area contributed by atoms with Crippen LogP contribution in [0.25, 0.3) is 11.0 Å². The van der Waals surface area contributed by atoms with Crippen LogP contribution >= 0.6 is 0 Å². The van der Waals surface area contributed by atoms with Gasteiger partial charge in [0.15, 0.2) is 5.75 Å². The number of carbonyl (C=O) groups is 2. The molecule has 3 rings (SSSR count). The van der Waals surface area contributed by atoms with Gasteiger partial charge in [0.2, 0.25) is 0 Å². The van der Waals surface area contributed by atoms with Crippen molar-refractivity contribution >= 4 is 22.9 Å². The predicted octanol–water partition coefficient (Wildman–Crippen LogP) is 3.72. The van der Waals surface area contributed by atoms with Gasteiger partial charge in [-0.25, -0.2) is 9.59 Å². The smallest absolute Gasteiger partial charge is 0.383 e. The van der Waals surface area contributed by atoms with E-state index in [0.29, 0.717) is 5.39 Å². The van der Waals surface area contributed by atoms with Crippen molar-refractivity contribution in [2.24, 2.45) is 0 Å². The Balaban J connectivity index is 2.10. The SMILES string of the molecule is CC(=O)Oc1ccc2c(OC(C)C)c(OC(=O)c3ccccc3)c(=O)oc2c1. The van der Waals surface area contributed by atoms with Crippen molar-refractivity contribution in [2.45, 2.75) is 26.9 Å². The fourth-order valence-electron chi connectivity index (χ4n) is 2.53. The molecule has 0 spiro atoms. The van der Waals surface area contributed by atoms with E-state index in [1.165, 1.54) is 19.1 Å². The predicted molar refractivity (Wildman–Crippen MR) is 101 cm³/mol. The zero-order chi connectivity index (χ0) is 20.3. The molecule has 0 bridgehead atoms. The van der Waals surface area contributed by atoms with E-state index < -0.39 is 17.6 Å². The minimum Gasteiger partial charge on any atom is -0.486 e. The second-order valence-corrected chi connectivity index (χ2v) is 6.22. The Morgan fingerprint density at radius 3 is 2.32 bits per heavy atom. The van der Waals surface area contributed by atoms with Gasteiger partial charge < -0.3 is 18.6 Å². The quantitative estimate of drug-likeness (QED) is 0.377. The summed E-state index contributed by atoms with van der Waals surface area (Å²) in [5.41, 5.74) is -0.464. The Morgan fingerprint density at radius 2 is 1.68 bits per heavy atom. The van der Waals surface area contributed by atoms with E-state index >= 15 is 0 Å². The highest BCUT2D eigenvalue weighted by molar-refractivity contribution is 5.93. The maximum absolute atomic E-state index is 12.5. The van der Waals surface area contributed by atoms with Gasteiger partial charge in [-0.3, -0.25) is 4.79 Å². The molecule has 0 aliphatic rings. The van der Waals surface area contributed by atoms with E-state index in [1.807, 2.05) is 0 Å². The third-order valence-corrected chi connectivity index (χ3v) is 3.61. The van der Waals surface area contributed by atoms with Gasteiger partial charge >= 0.3 is 17.6 Å². The number of hydrogen-bond acceptors (Lipinski definition) is 7. The number of hydrogen-bond donors (Lipinski definition) is 0. The molecule has 0 unspecified atom stereocenters. The lowest BCUT2D eigenvalue weighted by Gasteiger charge is -2.15. The van der Waals surface area contributed by atoms with Crippen LogP contribution < -0.4 is 19.8 Å². The Labute approximate surface area is 160 Å². The maximum atomic E-state index is 12.5. The summed E-state index contributed by atoms with van der Waals surface area (Å²) in [5, 5.41) is 0.403. The molecule has 144 valence electrons. The van der Waals surface area contributed by atoms with Crippen molar-refractivity contribution < 1.29 is 28.2 Å². The first kappa shape index (κ1) is 19.2. The summed E-state index contributed by atoms with van der Waals surface area (Å²) >= 11 is 0. The molecule has 0 atom stereocenters. The van der Waals surface area contributed by atoms with E-state index in [2.05, 4.69) is 0 Å². The molecule has 3 aromatic rings. The molecule has 0 aliphatic heterocycles. The molecule has 0 aliphatic carbocycles. The van der Waals surface area contributed by atoms with Crippen LogP contribution in [0.5, 0.6) is 17.2 Å². The van der Waals surface area contributed by atoms with Crippen molar-refractivity contribution in [3.8, 4) is 17.2 Å². The lowest BCUT2D eigenvalue weighted by atomic mass is 10.2. The van der Waals surface area contributed by atoms with Gasteiger partial charge in [0.1, 0.15) is 11.3 Å². The van der Waals surface area contributed by atoms with E-state index in [4.69, 9.17) is 18.6 Å². The van der Waals surface area contributed by atoms with Crippen LogP contribution in [0, 0.1) is 0 Å². The minimum atomic E-state index is -0.882. The largest absolute Gasteiger partial charge is 0.486 e. The van der Waals surface area contributed by atoms with Gasteiger partial charge in [-0.2, -0.15) is 0 Å². The number of fused-ring (bicyclic) bond motifs is 1. The van der Waals surface area contributed by atoms with Crippen LogP contribution in [-0.4, -0.2) is 18.0 Å². The first-order chi connectivity index (χ1) is 13.3. The number of ether oxygens (including phenoxy) is 3. The molecule has 7 heteroatoms. The molecule has 0 saturated heterocycles. The average molecular weight is 382 g/mol. The Hall–Kier alpha value is -3.61. The van der Waals surface area contributed by atoms with Crippen molar-refractivity contribution in [1.29, 1.82) is 0 Å². The summed E-state index contributed by atoms with van der Waals surface area (Å²) in [7, 11) is 0. The highest BCUT2D eigenvalue weighted by Gasteiger charge is 2.22. The Bertz CT molecular complexity index is 1080. The molecule has 0 saturated carbocycles.